The number of hydrogen-bond donors (Lipinski definition) is 3. The second-order valence-electron chi connectivity index (χ2n) is 12.9. The molecule has 1 fully saturated rings. The molecule has 2 aromatic carbocycles. The first kappa shape index (κ1) is 33.3. The van der Waals surface area contributed by atoms with E-state index in [1.807, 2.05) is 24.1 Å². The Morgan fingerprint density at radius 2 is 1.80 bits per heavy atom. The van der Waals surface area contributed by atoms with Crippen molar-refractivity contribution in [3.05, 3.63) is 123 Å². The van der Waals surface area contributed by atoms with Gasteiger partial charge in [-0.05, 0) is 91.9 Å². The summed E-state index contributed by atoms with van der Waals surface area (Å²) in [6.07, 6.45) is 6.66. The number of nitrogens with one attached hydrogen (secondary N) is 1. The lowest BCUT2D eigenvalue weighted by Gasteiger charge is -2.30. The Balaban J connectivity index is 1.19. The van der Waals surface area contributed by atoms with Crippen LogP contribution in [0.5, 0.6) is 5.75 Å². The lowest BCUT2D eigenvalue weighted by Crippen LogP contribution is -2.44. The van der Waals surface area contributed by atoms with Crippen LogP contribution in [0, 0.1) is 11.6 Å². The summed E-state index contributed by atoms with van der Waals surface area (Å²) in [5.41, 5.74) is 3.22. The Hall–Kier alpha value is -5.24. The Morgan fingerprint density at radius 1 is 0.980 bits per heavy atom. The van der Waals surface area contributed by atoms with Gasteiger partial charge in [-0.1, -0.05) is 18.2 Å². The average Bonchev–Trinajstić information content (AvgIpc) is 3.51. The minimum atomic E-state index is -0.677. The van der Waals surface area contributed by atoms with Crippen LogP contribution in [0.3, 0.4) is 0 Å². The number of fused-ring (bicyclic) bond motifs is 2. The molecule has 50 heavy (non-hydrogen) atoms. The number of benzene rings is 2. The molecule has 1 aliphatic carbocycles. The van der Waals surface area contributed by atoms with Gasteiger partial charge in [0.25, 0.3) is 5.56 Å². The van der Waals surface area contributed by atoms with Crippen LogP contribution in [-0.2, 0) is 13.1 Å². The predicted molar refractivity (Wildman–Crippen MR) is 185 cm³/mol. The van der Waals surface area contributed by atoms with E-state index in [-0.39, 0.29) is 35.2 Å². The van der Waals surface area contributed by atoms with E-state index in [0.717, 1.165) is 34.6 Å². The summed E-state index contributed by atoms with van der Waals surface area (Å²) in [5.74, 6) is -0.912. The van der Waals surface area contributed by atoms with Crippen LogP contribution in [0.15, 0.2) is 88.8 Å². The van der Waals surface area contributed by atoms with E-state index >= 15 is 0 Å². The van der Waals surface area contributed by atoms with E-state index in [4.69, 9.17) is 0 Å². The van der Waals surface area contributed by atoms with Crippen molar-refractivity contribution >= 4 is 16.7 Å². The third-order valence-electron chi connectivity index (χ3n) is 9.42. The molecule has 0 saturated heterocycles. The molecule has 4 aromatic heterocycles. The predicted octanol–water partition coefficient (Wildman–Crippen LogP) is 4.54. The Morgan fingerprint density at radius 3 is 2.60 bits per heavy atom. The van der Waals surface area contributed by atoms with Crippen LogP contribution < -0.4 is 16.6 Å². The zero-order chi connectivity index (χ0) is 34.9. The maximum absolute atomic E-state index is 14.5. The molecule has 0 amide bonds. The van der Waals surface area contributed by atoms with E-state index in [1.54, 1.807) is 47.0 Å². The van der Waals surface area contributed by atoms with Crippen molar-refractivity contribution < 1.29 is 19.0 Å². The first-order valence-corrected chi connectivity index (χ1v) is 16.6. The summed E-state index contributed by atoms with van der Waals surface area (Å²) in [4.78, 5) is 38.9. The number of phenolic OH excluding ortho intramolecular Hbond substituents is 1. The van der Waals surface area contributed by atoms with Gasteiger partial charge >= 0.3 is 5.69 Å². The molecule has 3 N–H and O–H groups in total. The van der Waals surface area contributed by atoms with Gasteiger partial charge < -0.3 is 19.9 Å². The van der Waals surface area contributed by atoms with Gasteiger partial charge in [-0.15, -0.1) is 0 Å². The zero-order valence-electron chi connectivity index (χ0n) is 27.5. The molecule has 258 valence electrons. The second kappa shape index (κ2) is 13.9. The normalized spacial score (nSPS) is 16.5. The minimum Gasteiger partial charge on any atom is -0.508 e. The monoisotopic (exact) mass is 681 g/mol. The molecule has 0 spiro atoms. The molecular weight excluding hydrogens is 644 g/mol. The van der Waals surface area contributed by atoms with Gasteiger partial charge in [0.2, 0.25) is 0 Å². The number of aromatic nitrogens is 5. The molecule has 0 radical (unpaired) electrons. The lowest BCUT2D eigenvalue weighted by atomic mass is 9.91. The SMILES string of the molecule is CN(CCO)Cc1cc(O)ccc1-c1cccc(-n2c(=O)n(C3CCC(NCc4cn5cc(F)ccc5n4)CC3)c(=O)c3cc(F)cnc32)c1. The summed E-state index contributed by atoms with van der Waals surface area (Å²) in [6.45, 7) is 1.38. The van der Waals surface area contributed by atoms with Gasteiger partial charge in [0.05, 0.1) is 29.6 Å². The molecule has 0 atom stereocenters. The van der Waals surface area contributed by atoms with E-state index in [9.17, 15) is 28.6 Å². The van der Waals surface area contributed by atoms with Crippen molar-refractivity contribution in [3.8, 4) is 22.6 Å². The highest BCUT2D eigenvalue weighted by Gasteiger charge is 2.27. The van der Waals surface area contributed by atoms with Gasteiger partial charge in [0.15, 0.2) is 5.65 Å². The molecule has 1 aliphatic rings. The largest absolute Gasteiger partial charge is 0.508 e. The molecule has 11 nitrogen and oxygen atoms in total. The van der Waals surface area contributed by atoms with Crippen molar-refractivity contribution in [2.24, 2.45) is 0 Å². The molecule has 13 heteroatoms. The maximum Gasteiger partial charge on any atom is 0.337 e. The van der Waals surface area contributed by atoms with Crippen molar-refractivity contribution in [2.75, 3.05) is 20.2 Å². The van der Waals surface area contributed by atoms with E-state index in [1.165, 1.54) is 21.4 Å². The molecule has 0 aliphatic heterocycles. The summed E-state index contributed by atoms with van der Waals surface area (Å²) >= 11 is 0. The molecule has 0 unspecified atom stereocenters. The maximum atomic E-state index is 14.5. The number of phenols is 1. The number of aromatic hydroxyl groups is 1. The van der Waals surface area contributed by atoms with Crippen molar-refractivity contribution in [3.63, 3.8) is 0 Å². The summed E-state index contributed by atoms with van der Waals surface area (Å²) in [7, 11) is 1.87. The van der Waals surface area contributed by atoms with Crippen molar-refractivity contribution in [1.82, 2.24) is 33.7 Å². The first-order chi connectivity index (χ1) is 24.2. The zero-order valence-corrected chi connectivity index (χ0v) is 27.5. The fourth-order valence-electron chi connectivity index (χ4n) is 6.97. The molecule has 4 heterocycles. The Labute approximate surface area is 285 Å². The van der Waals surface area contributed by atoms with Gasteiger partial charge in [0, 0.05) is 44.1 Å². The van der Waals surface area contributed by atoms with Crippen LogP contribution in [0.1, 0.15) is 43.0 Å². The van der Waals surface area contributed by atoms with E-state index in [0.29, 0.717) is 56.7 Å². The number of hydrogen-bond acceptors (Lipinski definition) is 8. The number of likely N-dealkylation sites (N-methyl/N-ethyl adjacent to an activating group) is 1. The van der Waals surface area contributed by atoms with E-state index < -0.39 is 23.1 Å². The number of imidazole rings is 1. The third kappa shape index (κ3) is 6.67. The number of halogens is 2. The highest BCUT2D eigenvalue weighted by atomic mass is 19.1. The molecule has 6 aromatic rings. The number of aliphatic hydroxyl groups is 1. The molecular formula is C37H37F2N7O4. The van der Waals surface area contributed by atoms with Crippen LogP contribution in [0.4, 0.5) is 8.78 Å². The Bertz CT molecular complexity index is 2310. The number of rotatable bonds is 10. The average molecular weight is 682 g/mol. The van der Waals surface area contributed by atoms with Gasteiger partial charge in [-0.3, -0.25) is 14.3 Å². The highest BCUT2D eigenvalue weighted by molar-refractivity contribution is 5.77. The summed E-state index contributed by atoms with van der Waals surface area (Å²) in [6, 6.07) is 16.2. The highest BCUT2D eigenvalue weighted by Crippen LogP contribution is 2.31. The number of pyridine rings is 2. The van der Waals surface area contributed by atoms with Gasteiger partial charge in [-0.2, -0.15) is 0 Å². The third-order valence-corrected chi connectivity index (χ3v) is 9.42. The van der Waals surface area contributed by atoms with Crippen LogP contribution in [0.25, 0.3) is 33.5 Å². The molecule has 1 saturated carbocycles. The first-order valence-electron chi connectivity index (χ1n) is 16.6. The fraction of sp³-hybridized carbons (Fsp3) is 0.297. The number of nitrogens with zero attached hydrogens (tertiary/aromatic N) is 6. The summed E-state index contributed by atoms with van der Waals surface area (Å²) < 4.78 is 32.4. The molecule has 7 rings (SSSR count). The Kier molecular flexibility index (Phi) is 9.27. The lowest BCUT2D eigenvalue weighted by molar-refractivity contribution is 0.217. The number of aliphatic hydroxyl groups excluding tert-OH is 1. The van der Waals surface area contributed by atoms with Gasteiger partial charge in [-0.25, -0.2) is 28.1 Å². The van der Waals surface area contributed by atoms with Crippen molar-refractivity contribution in [1.29, 1.82) is 0 Å². The quantitative estimate of drug-likeness (QED) is 0.192. The fourth-order valence-corrected chi connectivity index (χ4v) is 6.97. The van der Waals surface area contributed by atoms with Crippen LogP contribution in [0.2, 0.25) is 0 Å². The second-order valence-corrected chi connectivity index (χ2v) is 12.9. The standard InChI is InChI=1S/C37H37F2N7O4/c1-43(13-14-47)20-24-16-31(48)10-11-32(24)23-3-2-4-30(15-23)45-35-33(17-26(39)18-41-35)36(49)46(37(45)50)29-8-6-27(7-9-29)40-19-28-22-44-21-25(38)5-12-34(44)42-28/h2-5,10-12,15-18,21-22,27,29,40,47-48H,6-9,13-14,19-20H2,1H3. The van der Waals surface area contributed by atoms with Gasteiger partial charge in [0.1, 0.15) is 23.0 Å². The van der Waals surface area contributed by atoms with E-state index in [2.05, 4.69) is 15.3 Å². The minimum absolute atomic E-state index is 0.00878. The smallest absolute Gasteiger partial charge is 0.337 e. The molecule has 0 bridgehead atoms. The van der Waals surface area contributed by atoms with Crippen LogP contribution in [-0.4, -0.2) is 64.9 Å². The van der Waals surface area contributed by atoms with Crippen LogP contribution >= 0.6 is 0 Å². The summed E-state index contributed by atoms with van der Waals surface area (Å²) in [5, 5.41) is 23.2. The topological polar surface area (TPSA) is 130 Å². The van der Waals surface area contributed by atoms with Crippen molar-refractivity contribution in [2.45, 2.75) is 50.9 Å².